The maximum atomic E-state index is 13.7. The Kier molecular flexibility index (Phi) is 3.23. The molecule has 96 valence electrons. The molecule has 4 nitrogen and oxygen atoms in total. The number of hydrogen-bond acceptors (Lipinski definition) is 3. The van der Waals surface area contributed by atoms with Gasteiger partial charge in [0, 0.05) is 19.0 Å². The van der Waals surface area contributed by atoms with Crippen LogP contribution in [-0.2, 0) is 13.5 Å². The molecular formula is C13H16FN3O. The lowest BCUT2D eigenvalue weighted by molar-refractivity contribution is 0.386. The van der Waals surface area contributed by atoms with Crippen molar-refractivity contribution in [2.24, 2.45) is 7.05 Å². The number of aromatic nitrogens is 2. The number of methoxy groups -OCH3 is 1. The number of anilines is 1. The first kappa shape index (κ1) is 12.4. The zero-order chi connectivity index (χ0) is 13.3. The number of benzene rings is 1. The number of hydrogen-bond donors (Lipinski definition) is 1. The highest BCUT2D eigenvalue weighted by atomic mass is 19.1. The summed E-state index contributed by atoms with van der Waals surface area (Å²) >= 11 is 0. The molecule has 0 saturated carbocycles. The van der Waals surface area contributed by atoms with Crippen LogP contribution in [0.1, 0.15) is 12.7 Å². The van der Waals surface area contributed by atoms with Gasteiger partial charge >= 0.3 is 0 Å². The van der Waals surface area contributed by atoms with Gasteiger partial charge in [0.05, 0.1) is 7.11 Å². The van der Waals surface area contributed by atoms with Crippen molar-refractivity contribution in [2.45, 2.75) is 13.3 Å². The van der Waals surface area contributed by atoms with Crippen LogP contribution in [0.2, 0.25) is 0 Å². The summed E-state index contributed by atoms with van der Waals surface area (Å²) in [5.41, 5.74) is 7.24. The Balaban J connectivity index is 2.52. The molecule has 0 unspecified atom stereocenters. The SMILES string of the molecule is CCc1nc(-c2ccc(OC)c(F)c2)c(N)n1C. The zero-order valence-electron chi connectivity index (χ0n) is 10.7. The fourth-order valence-corrected chi connectivity index (χ4v) is 1.90. The fourth-order valence-electron chi connectivity index (χ4n) is 1.90. The van der Waals surface area contributed by atoms with E-state index in [0.29, 0.717) is 17.1 Å². The standard InChI is InChI=1S/C13H16FN3O/c1-4-11-16-12(13(15)17(11)2)8-5-6-10(18-3)9(14)7-8/h5-7H,4,15H2,1-3H3. The summed E-state index contributed by atoms with van der Waals surface area (Å²) < 4.78 is 20.4. The summed E-state index contributed by atoms with van der Waals surface area (Å²) in [7, 11) is 3.28. The Labute approximate surface area is 105 Å². The average Bonchev–Trinajstić information content (AvgIpc) is 2.66. The zero-order valence-corrected chi connectivity index (χ0v) is 10.7. The second-order valence-corrected chi connectivity index (χ2v) is 4.02. The van der Waals surface area contributed by atoms with Gasteiger partial charge in [-0.2, -0.15) is 0 Å². The summed E-state index contributed by atoms with van der Waals surface area (Å²) in [5.74, 6) is 1.21. The number of nitrogen functional groups attached to an aromatic ring is 1. The molecule has 0 atom stereocenters. The molecule has 1 heterocycles. The van der Waals surface area contributed by atoms with E-state index in [1.807, 2.05) is 18.5 Å². The maximum absolute atomic E-state index is 13.7. The molecule has 0 aliphatic rings. The molecule has 0 aliphatic heterocycles. The van der Waals surface area contributed by atoms with Crippen LogP contribution in [0.4, 0.5) is 10.2 Å². The third kappa shape index (κ3) is 1.92. The molecule has 0 fully saturated rings. The van der Waals surface area contributed by atoms with Gasteiger partial charge in [0.15, 0.2) is 11.6 Å². The third-order valence-corrected chi connectivity index (χ3v) is 2.97. The van der Waals surface area contributed by atoms with Gasteiger partial charge in [0.25, 0.3) is 0 Å². The molecule has 5 heteroatoms. The van der Waals surface area contributed by atoms with Crippen molar-refractivity contribution in [1.82, 2.24) is 9.55 Å². The lowest BCUT2D eigenvalue weighted by Crippen LogP contribution is -2.00. The highest BCUT2D eigenvalue weighted by Gasteiger charge is 2.14. The Bertz CT molecular complexity index is 578. The van der Waals surface area contributed by atoms with Crippen LogP contribution in [0.3, 0.4) is 0 Å². The number of ether oxygens (including phenoxy) is 1. The van der Waals surface area contributed by atoms with Gasteiger partial charge in [-0.05, 0) is 18.2 Å². The molecule has 0 aliphatic carbocycles. The maximum Gasteiger partial charge on any atom is 0.165 e. The minimum absolute atomic E-state index is 0.212. The predicted octanol–water partition coefficient (Wildman–Crippen LogP) is 2.38. The Hall–Kier alpha value is -2.04. The van der Waals surface area contributed by atoms with Crippen LogP contribution in [0.5, 0.6) is 5.75 Å². The molecule has 1 aromatic heterocycles. The number of imidazole rings is 1. The van der Waals surface area contributed by atoms with Gasteiger partial charge in [0.2, 0.25) is 0 Å². The topological polar surface area (TPSA) is 53.1 Å². The highest BCUT2D eigenvalue weighted by Crippen LogP contribution is 2.29. The Morgan fingerprint density at radius 3 is 2.67 bits per heavy atom. The van der Waals surface area contributed by atoms with E-state index in [0.717, 1.165) is 12.2 Å². The first-order chi connectivity index (χ1) is 8.58. The van der Waals surface area contributed by atoms with E-state index in [-0.39, 0.29) is 5.75 Å². The Morgan fingerprint density at radius 1 is 1.44 bits per heavy atom. The number of nitrogens with two attached hydrogens (primary N) is 1. The second kappa shape index (κ2) is 4.68. The quantitative estimate of drug-likeness (QED) is 0.908. The molecular weight excluding hydrogens is 233 g/mol. The van der Waals surface area contributed by atoms with E-state index >= 15 is 0 Å². The third-order valence-electron chi connectivity index (χ3n) is 2.97. The number of halogens is 1. The van der Waals surface area contributed by atoms with Crippen LogP contribution in [-0.4, -0.2) is 16.7 Å². The molecule has 0 radical (unpaired) electrons. The summed E-state index contributed by atoms with van der Waals surface area (Å²) in [6.45, 7) is 2.00. The number of nitrogens with zero attached hydrogens (tertiary/aromatic N) is 2. The van der Waals surface area contributed by atoms with Crippen molar-refractivity contribution in [3.05, 3.63) is 29.8 Å². The van der Waals surface area contributed by atoms with E-state index in [2.05, 4.69) is 4.98 Å². The smallest absolute Gasteiger partial charge is 0.165 e. The van der Waals surface area contributed by atoms with Crippen molar-refractivity contribution in [3.8, 4) is 17.0 Å². The van der Waals surface area contributed by atoms with Gasteiger partial charge in [-0.15, -0.1) is 0 Å². The molecule has 0 saturated heterocycles. The lowest BCUT2D eigenvalue weighted by atomic mass is 10.1. The van der Waals surface area contributed by atoms with Crippen LogP contribution < -0.4 is 10.5 Å². The number of rotatable bonds is 3. The molecule has 0 amide bonds. The first-order valence-corrected chi connectivity index (χ1v) is 5.73. The first-order valence-electron chi connectivity index (χ1n) is 5.73. The fraction of sp³-hybridized carbons (Fsp3) is 0.308. The van der Waals surface area contributed by atoms with E-state index < -0.39 is 5.82 Å². The molecule has 2 rings (SSSR count). The molecule has 18 heavy (non-hydrogen) atoms. The largest absolute Gasteiger partial charge is 0.494 e. The monoisotopic (exact) mass is 249 g/mol. The van der Waals surface area contributed by atoms with Crippen molar-refractivity contribution >= 4 is 5.82 Å². The van der Waals surface area contributed by atoms with Crippen LogP contribution in [0.25, 0.3) is 11.3 Å². The predicted molar refractivity (Wildman–Crippen MR) is 68.9 cm³/mol. The van der Waals surface area contributed by atoms with Crippen molar-refractivity contribution in [2.75, 3.05) is 12.8 Å². The summed E-state index contributed by atoms with van der Waals surface area (Å²) in [6, 6.07) is 4.71. The molecule has 2 N–H and O–H groups in total. The summed E-state index contributed by atoms with van der Waals surface area (Å²) in [4.78, 5) is 4.43. The minimum atomic E-state index is -0.418. The van der Waals surface area contributed by atoms with Crippen molar-refractivity contribution in [3.63, 3.8) is 0 Å². The molecule has 1 aromatic carbocycles. The Morgan fingerprint density at radius 2 is 2.17 bits per heavy atom. The van der Waals surface area contributed by atoms with E-state index in [1.54, 1.807) is 12.1 Å². The number of aryl methyl sites for hydroxylation is 1. The highest BCUT2D eigenvalue weighted by molar-refractivity contribution is 5.71. The van der Waals surface area contributed by atoms with Gasteiger partial charge < -0.3 is 15.0 Å². The van der Waals surface area contributed by atoms with E-state index in [4.69, 9.17) is 10.5 Å². The van der Waals surface area contributed by atoms with Crippen LogP contribution >= 0.6 is 0 Å². The van der Waals surface area contributed by atoms with Gasteiger partial charge in [-0.3, -0.25) is 0 Å². The van der Waals surface area contributed by atoms with E-state index in [9.17, 15) is 4.39 Å². The van der Waals surface area contributed by atoms with Gasteiger partial charge in [0.1, 0.15) is 17.3 Å². The second-order valence-electron chi connectivity index (χ2n) is 4.02. The lowest BCUT2D eigenvalue weighted by Gasteiger charge is -2.04. The van der Waals surface area contributed by atoms with Crippen LogP contribution in [0, 0.1) is 5.82 Å². The van der Waals surface area contributed by atoms with Gasteiger partial charge in [-0.1, -0.05) is 6.92 Å². The summed E-state index contributed by atoms with van der Waals surface area (Å²) in [5, 5.41) is 0. The molecule has 0 spiro atoms. The van der Waals surface area contributed by atoms with Gasteiger partial charge in [-0.25, -0.2) is 9.37 Å². The molecule has 0 bridgehead atoms. The minimum Gasteiger partial charge on any atom is -0.494 e. The van der Waals surface area contributed by atoms with Crippen LogP contribution in [0.15, 0.2) is 18.2 Å². The van der Waals surface area contributed by atoms with E-state index in [1.165, 1.54) is 13.2 Å². The van der Waals surface area contributed by atoms with Crippen molar-refractivity contribution < 1.29 is 9.13 Å². The normalized spacial score (nSPS) is 10.7. The average molecular weight is 249 g/mol. The van der Waals surface area contributed by atoms with Crippen molar-refractivity contribution in [1.29, 1.82) is 0 Å². The molecule has 2 aromatic rings. The summed E-state index contributed by atoms with van der Waals surface area (Å²) in [6.07, 6.45) is 0.777.